The number of benzene rings is 1. The second-order valence-corrected chi connectivity index (χ2v) is 5.02. The van der Waals surface area contributed by atoms with Gasteiger partial charge in [0, 0.05) is 12.6 Å². The Morgan fingerprint density at radius 1 is 1.25 bits per heavy atom. The molecule has 2 aromatic heterocycles. The average Bonchev–Trinajstić information content (AvgIpc) is 3.26. The van der Waals surface area contributed by atoms with Gasteiger partial charge in [0.2, 0.25) is 0 Å². The minimum absolute atomic E-state index is 0.0818. The van der Waals surface area contributed by atoms with Gasteiger partial charge in [-0.2, -0.15) is 5.10 Å². The number of nitrogens with zero attached hydrogens (tertiary/aromatic N) is 6. The Hall–Kier alpha value is -3.23. The van der Waals surface area contributed by atoms with Crippen molar-refractivity contribution in [2.75, 3.05) is 11.9 Å². The van der Waals surface area contributed by atoms with E-state index in [9.17, 15) is 4.79 Å². The second-order valence-electron chi connectivity index (χ2n) is 5.02. The molecule has 1 amide bonds. The van der Waals surface area contributed by atoms with E-state index in [0.717, 1.165) is 18.7 Å². The number of nitrogens with one attached hydrogen (secondary N) is 1. The SMILES string of the molecule is CCCn1nccc1NC(=O)COc1ccc(-n2cnnn2)cc1. The molecule has 0 unspecified atom stereocenters. The first-order valence-electron chi connectivity index (χ1n) is 7.54. The van der Waals surface area contributed by atoms with Gasteiger partial charge in [-0.25, -0.2) is 9.36 Å². The van der Waals surface area contributed by atoms with E-state index in [1.165, 1.54) is 11.0 Å². The lowest BCUT2D eigenvalue weighted by Gasteiger charge is -2.09. The van der Waals surface area contributed by atoms with Crippen LogP contribution in [0.25, 0.3) is 5.69 Å². The molecule has 0 aliphatic rings. The predicted molar refractivity (Wildman–Crippen MR) is 85.8 cm³/mol. The van der Waals surface area contributed by atoms with E-state index >= 15 is 0 Å². The number of aromatic nitrogens is 6. The van der Waals surface area contributed by atoms with Gasteiger partial charge >= 0.3 is 0 Å². The third-order valence-corrected chi connectivity index (χ3v) is 3.24. The van der Waals surface area contributed by atoms with Crippen molar-refractivity contribution in [2.45, 2.75) is 19.9 Å². The van der Waals surface area contributed by atoms with Crippen molar-refractivity contribution in [3.8, 4) is 11.4 Å². The van der Waals surface area contributed by atoms with Crippen LogP contribution in [-0.4, -0.2) is 42.5 Å². The lowest BCUT2D eigenvalue weighted by Crippen LogP contribution is -2.22. The highest BCUT2D eigenvalue weighted by molar-refractivity contribution is 5.91. The van der Waals surface area contributed by atoms with E-state index in [2.05, 4.69) is 32.9 Å². The lowest BCUT2D eigenvalue weighted by atomic mass is 10.3. The molecule has 1 aromatic carbocycles. The maximum atomic E-state index is 12.0. The van der Waals surface area contributed by atoms with E-state index in [-0.39, 0.29) is 12.5 Å². The van der Waals surface area contributed by atoms with E-state index < -0.39 is 0 Å². The fourth-order valence-electron chi connectivity index (χ4n) is 2.13. The number of carbonyl (C=O) groups excluding carboxylic acids is 1. The fourth-order valence-corrected chi connectivity index (χ4v) is 2.13. The van der Waals surface area contributed by atoms with Gasteiger partial charge in [-0.15, -0.1) is 5.10 Å². The van der Waals surface area contributed by atoms with Crippen molar-refractivity contribution in [1.82, 2.24) is 30.0 Å². The van der Waals surface area contributed by atoms with Crippen LogP contribution in [-0.2, 0) is 11.3 Å². The number of carbonyl (C=O) groups is 1. The zero-order chi connectivity index (χ0) is 16.8. The van der Waals surface area contributed by atoms with Crippen molar-refractivity contribution in [3.63, 3.8) is 0 Å². The molecule has 0 bridgehead atoms. The maximum Gasteiger partial charge on any atom is 0.263 e. The summed E-state index contributed by atoms with van der Waals surface area (Å²) in [5.41, 5.74) is 0.806. The van der Waals surface area contributed by atoms with Gasteiger partial charge in [-0.1, -0.05) is 6.92 Å². The summed E-state index contributed by atoms with van der Waals surface area (Å²) in [5.74, 6) is 1.01. The minimum Gasteiger partial charge on any atom is -0.484 e. The molecule has 9 heteroatoms. The number of anilines is 1. The van der Waals surface area contributed by atoms with Crippen LogP contribution in [0.1, 0.15) is 13.3 Å². The summed E-state index contributed by atoms with van der Waals surface area (Å²) in [5, 5.41) is 17.9. The molecule has 0 radical (unpaired) electrons. The lowest BCUT2D eigenvalue weighted by molar-refractivity contribution is -0.118. The van der Waals surface area contributed by atoms with Crippen LogP contribution >= 0.6 is 0 Å². The molecule has 0 saturated heterocycles. The summed E-state index contributed by atoms with van der Waals surface area (Å²) in [6.07, 6.45) is 4.10. The Morgan fingerprint density at radius 2 is 2.08 bits per heavy atom. The molecule has 0 aliphatic heterocycles. The van der Waals surface area contributed by atoms with E-state index in [4.69, 9.17) is 4.74 Å². The van der Waals surface area contributed by atoms with Crippen LogP contribution in [0.2, 0.25) is 0 Å². The number of tetrazole rings is 1. The molecule has 1 N–H and O–H groups in total. The molecule has 3 rings (SSSR count). The molecule has 3 aromatic rings. The molecule has 124 valence electrons. The van der Waals surface area contributed by atoms with E-state index in [0.29, 0.717) is 11.6 Å². The Labute approximate surface area is 138 Å². The highest BCUT2D eigenvalue weighted by Crippen LogP contribution is 2.14. The van der Waals surface area contributed by atoms with Gasteiger partial charge in [-0.05, 0) is 41.1 Å². The van der Waals surface area contributed by atoms with Crippen molar-refractivity contribution < 1.29 is 9.53 Å². The summed E-state index contributed by atoms with van der Waals surface area (Å²) in [7, 11) is 0. The van der Waals surface area contributed by atoms with Gasteiger partial charge in [0.15, 0.2) is 6.61 Å². The molecule has 9 nitrogen and oxygen atoms in total. The van der Waals surface area contributed by atoms with Crippen LogP contribution in [0.4, 0.5) is 5.82 Å². The second kappa shape index (κ2) is 7.36. The zero-order valence-corrected chi connectivity index (χ0v) is 13.2. The minimum atomic E-state index is -0.239. The van der Waals surface area contributed by atoms with Gasteiger partial charge < -0.3 is 10.1 Å². The molecule has 0 saturated carbocycles. The Morgan fingerprint density at radius 3 is 2.79 bits per heavy atom. The van der Waals surface area contributed by atoms with E-state index in [1.54, 1.807) is 41.2 Å². The van der Waals surface area contributed by atoms with Gasteiger partial charge in [0.1, 0.15) is 17.9 Å². The number of amides is 1. The Balaban J connectivity index is 1.53. The Kier molecular flexibility index (Phi) is 4.80. The summed E-state index contributed by atoms with van der Waals surface area (Å²) in [6.45, 7) is 2.72. The van der Waals surface area contributed by atoms with Gasteiger partial charge in [0.25, 0.3) is 5.91 Å². The summed E-state index contributed by atoms with van der Waals surface area (Å²) in [6, 6.07) is 8.88. The van der Waals surface area contributed by atoms with Crippen LogP contribution in [0, 0.1) is 0 Å². The number of aryl methyl sites for hydroxylation is 1. The highest BCUT2D eigenvalue weighted by atomic mass is 16.5. The summed E-state index contributed by atoms with van der Waals surface area (Å²) < 4.78 is 8.77. The third kappa shape index (κ3) is 3.75. The quantitative estimate of drug-likeness (QED) is 0.702. The summed E-state index contributed by atoms with van der Waals surface area (Å²) in [4.78, 5) is 12.0. The third-order valence-electron chi connectivity index (χ3n) is 3.24. The number of hydrogen-bond donors (Lipinski definition) is 1. The monoisotopic (exact) mass is 327 g/mol. The topological polar surface area (TPSA) is 99.8 Å². The molecule has 2 heterocycles. The van der Waals surface area contributed by atoms with Crippen LogP contribution in [0.15, 0.2) is 42.9 Å². The first-order valence-corrected chi connectivity index (χ1v) is 7.54. The molecule has 0 spiro atoms. The fraction of sp³-hybridized carbons (Fsp3) is 0.267. The van der Waals surface area contributed by atoms with Gasteiger partial charge in [-0.3, -0.25) is 4.79 Å². The summed E-state index contributed by atoms with van der Waals surface area (Å²) >= 11 is 0. The first kappa shape index (κ1) is 15.7. The standard InChI is InChI=1S/C15H17N7O2/c1-2-9-21-14(7-8-17-21)18-15(23)10-24-13-5-3-12(4-6-13)22-11-16-19-20-22/h3-8,11H,2,9-10H2,1H3,(H,18,23). The largest absolute Gasteiger partial charge is 0.484 e. The number of rotatable bonds is 7. The highest BCUT2D eigenvalue weighted by Gasteiger charge is 2.08. The van der Waals surface area contributed by atoms with Crippen molar-refractivity contribution in [3.05, 3.63) is 42.9 Å². The van der Waals surface area contributed by atoms with Crippen molar-refractivity contribution in [2.24, 2.45) is 0 Å². The average molecular weight is 327 g/mol. The van der Waals surface area contributed by atoms with Crippen molar-refractivity contribution in [1.29, 1.82) is 0 Å². The number of hydrogen-bond acceptors (Lipinski definition) is 6. The molecule has 0 fully saturated rings. The normalized spacial score (nSPS) is 10.5. The predicted octanol–water partition coefficient (Wildman–Crippen LogP) is 1.29. The molecular weight excluding hydrogens is 310 g/mol. The van der Waals surface area contributed by atoms with Crippen LogP contribution in [0.3, 0.4) is 0 Å². The Bertz CT molecular complexity index is 781. The first-order chi connectivity index (χ1) is 11.8. The molecule has 0 atom stereocenters. The smallest absolute Gasteiger partial charge is 0.263 e. The van der Waals surface area contributed by atoms with Crippen LogP contribution in [0.5, 0.6) is 5.75 Å². The molecule has 0 aliphatic carbocycles. The maximum absolute atomic E-state index is 12.0. The molecular formula is C15H17N7O2. The zero-order valence-electron chi connectivity index (χ0n) is 13.2. The van der Waals surface area contributed by atoms with Crippen LogP contribution < -0.4 is 10.1 Å². The number of ether oxygens (including phenoxy) is 1. The molecule has 24 heavy (non-hydrogen) atoms. The van der Waals surface area contributed by atoms with Gasteiger partial charge in [0.05, 0.1) is 11.9 Å². The van der Waals surface area contributed by atoms with E-state index in [1.807, 2.05) is 0 Å². The van der Waals surface area contributed by atoms with Crippen molar-refractivity contribution >= 4 is 11.7 Å².